The summed E-state index contributed by atoms with van der Waals surface area (Å²) >= 11 is 0. The van der Waals surface area contributed by atoms with E-state index in [-0.39, 0.29) is 19.4 Å². The number of hydrogen-bond donors (Lipinski definition) is 2. The molecule has 0 fully saturated rings. The van der Waals surface area contributed by atoms with Gasteiger partial charge in [-0.05, 0) is 12.8 Å². The molecule has 80 valence electrons. The van der Waals surface area contributed by atoms with Crippen LogP contribution in [0.3, 0.4) is 0 Å². The lowest BCUT2D eigenvalue weighted by Crippen LogP contribution is -2.31. The molecule has 0 aromatic carbocycles. The number of nitrogens with one attached hydrogen (secondary N) is 1. The Kier molecular flexibility index (Phi) is 4.65. The first-order valence-corrected chi connectivity index (χ1v) is 5.09. The summed E-state index contributed by atoms with van der Waals surface area (Å²) < 4.78 is 57.0. The van der Waals surface area contributed by atoms with Crippen molar-refractivity contribution in [1.82, 2.24) is 4.72 Å². The monoisotopic (exact) mass is 220 g/mol. The zero-order valence-corrected chi connectivity index (χ0v) is 7.58. The van der Waals surface area contributed by atoms with E-state index in [0.717, 1.165) is 0 Å². The lowest BCUT2D eigenvalue weighted by Gasteiger charge is -2.05. The molecule has 3 N–H and O–H groups in total. The zero-order valence-electron chi connectivity index (χ0n) is 6.76. The average molecular weight is 220 g/mol. The lowest BCUT2D eigenvalue weighted by molar-refractivity contribution is -0.135. The van der Waals surface area contributed by atoms with Gasteiger partial charge in [-0.3, -0.25) is 0 Å². The van der Waals surface area contributed by atoms with Crippen molar-refractivity contribution in [1.29, 1.82) is 0 Å². The van der Waals surface area contributed by atoms with Crippen molar-refractivity contribution in [3.05, 3.63) is 0 Å². The van der Waals surface area contributed by atoms with Crippen LogP contribution in [0.5, 0.6) is 0 Å². The minimum absolute atomic E-state index is 0.0606. The maximum absolute atomic E-state index is 11.6. The summed E-state index contributed by atoms with van der Waals surface area (Å²) in [4.78, 5) is 0. The van der Waals surface area contributed by atoms with Crippen molar-refractivity contribution in [2.75, 3.05) is 6.54 Å². The molecule has 0 rings (SSSR count). The molecule has 0 amide bonds. The molecule has 0 heterocycles. The second-order valence-corrected chi connectivity index (χ2v) is 3.89. The van der Waals surface area contributed by atoms with Gasteiger partial charge < -0.3 is 0 Å². The van der Waals surface area contributed by atoms with Crippen molar-refractivity contribution >= 4 is 10.2 Å². The maximum Gasteiger partial charge on any atom is 0.389 e. The molecule has 13 heavy (non-hydrogen) atoms. The maximum atomic E-state index is 11.6. The number of nitrogens with two attached hydrogens (primary N) is 1. The number of hydrogen-bond acceptors (Lipinski definition) is 2. The molecule has 0 aliphatic heterocycles. The van der Waals surface area contributed by atoms with Crippen LogP contribution in [0.2, 0.25) is 0 Å². The van der Waals surface area contributed by atoms with Crippen LogP contribution in [0.1, 0.15) is 19.3 Å². The lowest BCUT2D eigenvalue weighted by atomic mass is 10.2. The van der Waals surface area contributed by atoms with Gasteiger partial charge in [-0.2, -0.15) is 21.6 Å². The van der Waals surface area contributed by atoms with E-state index in [1.54, 1.807) is 0 Å². The Morgan fingerprint density at radius 2 is 1.77 bits per heavy atom. The Morgan fingerprint density at radius 3 is 2.15 bits per heavy atom. The van der Waals surface area contributed by atoms with Gasteiger partial charge in [-0.25, -0.2) is 9.86 Å². The zero-order chi connectivity index (χ0) is 10.5. The van der Waals surface area contributed by atoms with E-state index in [2.05, 4.69) is 5.14 Å². The second kappa shape index (κ2) is 4.77. The quantitative estimate of drug-likeness (QED) is 0.663. The van der Waals surface area contributed by atoms with Crippen molar-refractivity contribution < 1.29 is 21.6 Å². The predicted molar refractivity (Wildman–Crippen MR) is 41.0 cm³/mol. The van der Waals surface area contributed by atoms with E-state index >= 15 is 0 Å². The fourth-order valence-electron chi connectivity index (χ4n) is 0.665. The molecular formula is C5H11F3N2O2S. The van der Waals surface area contributed by atoms with Crippen molar-refractivity contribution in [3.8, 4) is 0 Å². The minimum Gasteiger partial charge on any atom is -0.216 e. The third-order valence-electron chi connectivity index (χ3n) is 1.19. The first-order chi connectivity index (χ1) is 5.71. The summed E-state index contributed by atoms with van der Waals surface area (Å²) in [6.07, 6.45) is -5.07. The van der Waals surface area contributed by atoms with Crippen LogP contribution in [0.15, 0.2) is 0 Å². The first-order valence-electron chi connectivity index (χ1n) is 3.55. The van der Waals surface area contributed by atoms with Gasteiger partial charge in [0.15, 0.2) is 0 Å². The highest BCUT2D eigenvalue weighted by Crippen LogP contribution is 2.21. The molecule has 8 heteroatoms. The third kappa shape index (κ3) is 11.7. The smallest absolute Gasteiger partial charge is 0.216 e. The average Bonchev–Trinajstić information content (AvgIpc) is 1.81. The topological polar surface area (TPSA) is 72.2 Å². The van der Waals surface area contributed by atoms with Gasteiger partial charge in [0.25, 0.3) is 10.2 Å². The SMILES string of the molecule is NS(=O)(=O)NCCCCC(F)(F)F. The van der Waals surface area contributed by atoms with Crippen LogP contribution < -0.4 is 9.86 Å². The fourth-order valence-corrected chi connectivity index (χ4v) is 1.09. The van der Waals surface area contributed by atoms with Gasteiger partial charge in [0.1, 0.15) is 0 Å². The van der Waals surface area contributed by atoms with E-state index in [1.807, 2.05) is 4.72 Å². The van der Waals surface area contributed by atoms with Crippen LogP contribution in [0, 0.1) is 0 Å². The van der Waals surface area contributed by atoms with E-state index in [1.165, 1.54) is 0 Å². The van der Waals surface area contributed by atoms with E-state index < -0.39 is 22.8 Å². The van der Waals surface area contributed by atoms with Crippen LogP contribution in [0.4, 0.5) is 13.2 Å². The molecular weight excluding hydrogens is 209 g/mol. The highest BCUT2D eigenvalue weighted by Gasteiger charge is 2.25. The van der Waals surface area contributed by atoms with Gasteiger partial charge in [0.2, 0.25) is 0 Å². The Labute approximate surface area is 74.5 Å². The van der Waals surface area contributed by atoms with Crippen LogP contribution in [-0.2, 0) is 10.2 Å². The number of rotatable bonds is 5. The highest BCUT2D eigenvalue weighted by atomic mass is 32.2. The molecule has 0 unspecified atom stereocenters. The van der Waals surface area contributed by atoms with Crippen molar-refractivity contribution in [3.63, 3.8) is 0 Å². The van der Waals surface area contributed by atoms with E-state index in [9.17, 15) is 21.6 Å². The van der Waals surface area contributed by atoms with Gasteiger partial charge >= 0.3 is 6.18 Å². The third-order valence-corrected chi connectivity index (χ3v) is 1.80. The molecule has 0 aliphatic carbocycles. The van der Waals surface area contributed by atoms with Crippen molar-refractivity contribution in [2.24, 2.45) is 5.14 Å². The Balaban J connectivity index is 3.39. The molecule has 0 saturated heterocycles. The molecule has 0 aromatic rings. The second-order valence-electron chi connectivity index (χ2n) is 2.51. The van der Waals surface area contributed by atoms with Crippen LogP contribution >= 0.6 is 0 Å². The van der Waals surface area contributed by atoms with Crippen LogP contribution in [0.25, 0.3) is 0 Å². The Hall–Kier alpha value is -0.340. The summed E-state index contributed by atoms with van der Waals surface area (Å²) in [5.41, 5.74) is 0. The fraction of sp³-hybridized carbons (Fsp3) is 1.00. The molecule has 0 bridgehead atoms. The first kappa shape index (κ1) is 12.7. The standard InChI is InChI=1S/C5H11F3N2O2S/c6-5(7,8)3-1-2-4-10-13(9,11)12/h10H,1-4H2,(H2,9,11,12). The Bertz CT molecular complexity index is 237. The number of unbranched alkanes of at least 4 members (excludes halogenated alkanes) is 1. The summed E-state index contributed by atoms with van der Waals surface area (Å²) in [6.45, 7) is -0.0606. The number of halogens is 3. The summed E-state index contributed by atoms with van der Waals surface area (Å²) in [5, 5.41) is 4.54. The van der Waals surface area contributed by atoms with Gasteiger partial charge in [0, 0.05) is 13.0 Å². The molecule has 4 nitrogen and oxygen atoms in total. The van der Waals surface area contributed by atoms with Crippen molar-refractivity contribution in [2.45, 2.75) is 25.4 Å². The van der Waals surface area contributed by atoms with E-state index in [0.29, 0.717) is 0 Å². The largest absolute Gasteiger partial charge is 0.389 e. The predicted octanol–water partition coefficient (Wildman–Crippen LogP) is 0.512. The van der Waals surface area contributed by atoms with Gasteiger partial charge in [-0.1, -0.05) is 0 Å². The molecule has 0 aromatic heterocycles. The summed E-state index contributed by atoms with van der Waals surface area (Å²) in [5.74, 6) is 0. The van der Waals surface area contributed by atoms with Gasteiger partial charge in [-0.15, -0.1) is 0 Å². The molecule has 0 aliphatic rings. The molecule has 0 spiro atoms. The Morgan fingerprint density at radius 1 is 1.23 bits per heavy atom. The number of alkyl halides is 3. The highest BCUT2D eigenvalue weighted by molar-refractivity contribution is 7.87. The van der Waals surface area contributed by atoms with E-state index in [4.69, 9.17) is 0 Å². The summed E-state index contributed by atoms with van der Waals surface area (Å²) in [7, 11) is -3.77. The summed E-state index contributed by atoms with van der Waals surface area (Å²) in [6, 6.07) is 0. The molecule has 0 saturated carbocycles. The minimum atomic E-state index is -4.18. The van der Waals surface area contributed by atoms with Gasteiger partial charge in [0.05, 0.1) is 0 Å². The molecule has 0 atom stereocenters. The molecule has 0 radical (unpaired) electrons. The van der Waals surface area contributed by atoms with Crippen LogP contribution in [-0.4, -0.2) is 21.1 Å². The normalized spacial score (nSPS) is 13.2.